The molecule has 0 bridgehead atoms. The first-order valence-corrected chi connectivity index (χ1v) is 6.57. The van der Waals surface area contributed by atoms with Crippen molar-refractivity contribution in [2.45, 2.75) is 24.9 Å². The molecule has 1 aliphatic rings. The molecule has 0 amide bonds. The standard InChI is InChI=1S/C14H20F2N2O/c1-19-7-6-18(11-3-4-11)14(9-17)12-5-2-10(15)8-13(12)16/h2,5,8,11,14H,3-4,6-7,9,17H2,1H3. The van der Waals surface area contributed by atoms with Gasteiger partial charge >= 0.3 is 0 Å². The van der Waals surface area contributed by atoms with E-state index in [0.717, 1.165) is 18.9 Å². The maximum absolute atomic E-state index is 13.9. The van der Waals surface area contributed by atoms with Crippen LogP contribution in [0.3, 0.4) is 0 Å². The zero-order valence-corrected chi connectivity index (χ0v) is 11.1. The van der Waals surface area contributed by atoms with Crippen LogP contribution in [-0.4, -0.2) is 37.7 Å². The topological polar surface area (TPSA) is 38.5 Å². The van der Waals surface area contributed by atoms with Crippen molar-refractivity contribution in [2.75, 3.05) is 26.8 Å². The van der Waals surface area contributed by atoms with Crippen molar-refractivity contribution in [3.8, 4) is 0 Å². The van der Waals surface area contributed by atoms with Gasteiger partial charge in [-0.15, -0.1) is 0 Å². The highest BCUT2D eigenvalue weighted by molar-refractivity contribution is 5.23. The second kappa shape index (κ2) is 6.41. The summed E-state index contributed by atoms with van der Waals surface area (Å²) in [6, 6.07) is 3.91. The smallest absolute Gasteiger partial charge is 0.130 e. The third-order valence-corrected chi connectivity index (χ3v) is 3.51. The molecule has 5 heteroatoms. The lowest BCUT2D eigenvalue weighted by Gasteiger charge is -2.31. The minimum Gasteiger partial charge on any atom is -0.383 e. The number of methoxy groups -OCH3 is 1. The van der Waals surface area contributed by atoms with Gasteiger partial charge in [0.1, 0.15) is 11.6 Å². The molecule has 106 valence electrons. The Morgan fingerprint density at radius 3 is 2.68 bits per heavy atom. The number of hydrogen-bond donors (Lipinski definition) is 1. The minimum absolute atomic E-state index is 0.219. The van der Waals surface area contributed by atoms with Gasteiger partial charge in [0.15, 0.2) is 0 Å². The first kappa shape index (κ1) is 14.4. The summed E-state index contributed by atoms with van der Waals surface area (Å²) in [5, 5.41) is 0. The zero-order chi connectivity index (χ0) is 13.8. The Kier molecular flexibility index (Phi) is 4.85. The molecule has 1 unspecified atom stereocenters. The fraction of sp³-hybridized carbons (Fsp3) is 0.571. The third-order valence-electron chi connectivity index (χ3n) is 3.51. The molecular formula is C14H20F2N2O. The average Bonchev–Trinajstić information content (AvgIpc) is 3.20. The Labute approximate surface area is 112 Å². The lowest BCUT2D eigenvalue weighted by atomic mass is 10.0. The number of benzene rings is 1. The van der Waals surface area contributed by atoms with Crippen LogP contribution in [0, 0.1) is 11.6 Å². The van der Waals surface area contributed by atoms with Crippen LogP contribution in [0.25, 0.3) is 0 Å². The first-order valence-electron chi connectivity index (χ1n) is 6.57. The summed E-state index contributed by atoms with van der Waals surface area (Å²) in [5.74, 6) is -1.09. The van der Waals surface area contributed by atoms with Gasteiger partial charge in [-0.2, -0.15) is 0 Å². The van der Waals surface area contributed by atoms with E-state index in [0.29, 0.717) is 31.3 Å². The number of nitrogens with zero attached hydrogens (tertiary/aromatic N) is 1. The number of halogens is 2. The first-order chi connectivity index (χ1) is 9.17. The van der Waals surface area contributed by atoms with E-state index in [9.17, 15) is 8.78 Å². The summed E-state index contributed by atoms with van der Waals surface area (Å²) < 4.78 is 32.0. The lowest BCUT2D eigenvalue weighted by molar-refractivity contribution is 0.114. The van der Waals surface area contributed by atoms with Gasteiger partial charge in [0.2, 0.25) is 0 Å². The Morgan fingerprint density at radius 2 is 2.16 bits per heavy atom. The van der Waals surface area contributed by atoms with E-state index in [1.54, 1.807) is 7.11 Å². The maximum Gasteiger partial charge on any atom is 0.130 e. The van der Waals surface area contributed by atoms with Gasteiger partial charge in [-0.1, -0.05) is 6.07 Å². The predicted molar refractivity (Wildman–Crippen MR) is 69.8 cm³/mol. The van der Waals surface area contributed by atoms with E-state index < -0.39 is 11.6 Å². The molecule has 1 aromatic rings. The van der Waals surface area contributed by atoms with Crippen LogP contribution in [0.15, 0.2) is 18.2 Å². The van der Waals surface area contributed by atoms with Gasteiger partial charge in [-0.3, -0.25) is 4.90 Å². The largest absolute Gasteiger partial charge is 0.383 e. The molecule has 1 fully saturated rings. The van der Waals surface area contributed by atoms with Gasteiger partial charge in [0, 0.05) is 37.9 Å². The SMILES string of the molecule is COCCN(C1CC1)C(CN)c1ccc(F)cc1F. The fourth-order valence-corrected chi connectivity index (χ4v) is 2.41. The molecule has 0 spiro atoms. The van der Waals surface area contributed by atoms with E-state index >= 15 is 0 Å². The van der Waals surface area contributed by atoms with Crippen molar-refractivity contribution in [2.24, 2.45) is 5.73 Å². The molecule has 0 heterocycles. The average molecular weight is 270 g/mol. The highest BCUT2D eigenvalue weighted by Crippen LogP contribution is 2.34. The molecule has 0 aromatic heterocycles. The monoisotopic (exact) mass is 270 g/mol. The van der Waals surface area contributed by atoms with Crippen molar-refractivity contribution >= 4 is 0 Å². The van der Waals surface area contributed by atoms with Crippen LogP contribution in [0.2, 0.25) is 0 Å². The van der Waals surface area contributed by atoms with Crippen LogP contribution < -0.4 is 5.73 Å². The van der Waals surface area contributed by atoms with Crippen LogP contribution in [0.5, 0.6) is 0 Å². The predicted octanol–water partition coefficient (Wildman–Crippen LogP) is 2.08. The van der Waals surface area contributed by atoms with E-state index in [-0.39, 0.29) is 6.04 Å². The van der Waals surface area contributed by atoms with Crippen LogP contribution in [-0.2, 0) is 4.74 Å². The Bertz CT molecular complexity index is 424. The van der Waals surface area contributed by atoms with Gasteiger partial charge in [-0.25, -0.2) is 8.78 Å². The molecule has 19 heavy (non-hydrogen) atoms. The molecule has 2 rings (SSSR count). The lowest BCUT2D eigenvalue weighted by Crippen LogP contribution is -2.38. The molecule has 1 atom stereocenters. The number of hydrogen-bond acceptors (Lipinski definition) is 3. The van der Waals surface area contributed by atoms with Crippen LogP contribution in [0.4, 0.5) is 8.78 Å². The van der Waals surface area contributed by atoms with Crippen molar-refractivity contribution < 1.29 is 13.5 Å². The number of ether oxygens (including phenoxy) is 1. The summed E-state index contributed by atoms with van der Waals surface area (Å²) >= 11 is 0. The summed E-state index contributed by atoms with van der Waals surface area (Å²) in [7, 11) is 1.64. The molecule has 1 saturated carbocycles. The Hall–Kier alpha value is -1.04. The van der Waals surface area contributed by atoms with Gasteiger partial charge in [-0.05, 0) is 18.9 Å². The van der Waals surface area contributed by atoms with E-state index in [1.807, 2.05) is 0 Å². The van der Waals surface area contributed by atoms with Gasteiger partial charge in [0.05, 0.1) is 12.6 Å². The third kappa shape index (κ3) is 3.49. The zero-order valence-electron chi connectivity index (χ0n) is 11.1. The van der Waals surface area contributed by atoms with Gasteiger partial charge < -0.3 is 10.5 Å². The number of rotatable bonds is 7. The molecule has 0 saturated heterocycles. The highest BCUT2D eigenvalue weighted by Gasteiger charge is 2.34. The Morgan fingerprint density at radius 1 is 1.42 bits per heavy atom. The molecular weight excluding hydrogens is 250 g/mol. The number of nitrogens with two attached hydrogens (primary N) is 1. The summed E-state index contributed by atoms with van der Waals surface area (Å²) in [6.45, 7) is 1.60. The molecule has 3 nitrogen and oxygen atoms in total. The summed E-state index contributed by atoms with van der Waals surface area (Å²) in [5.41, 5.74) is 6.27. The molecule has 2 N–H and O–H groups in total. The quantitative estimate of drug-likeness (QED) is 0.824. The van der Waals surface area contributed by atoms with E-state index in [1.165, 1.54) is 12.1 Å². The van der Waals surface area contributed by atoms with Crippen LogP contribution in [0.1, 0.15) is 24.4 Å². The summed E-state index contributed by atoms with van der Waals surface area (Å²) in [6.07, 6.45) is 2.20. The molecule has 0 aliphatic heterocycles. The molecule has 1 aromatic carbocycles. The van der Waals surface area contributed by atoms with E-state index in [2.05, 4.69) is 4.90 Å². The highest BCUT2D eigenvalue weighted by atomic mass is 19.1. The minimum atomic E-state index is -0.563. The van der Waals surface area contributed by atoms with E-state index in [4.69, 9.17) is 10.5 Å². The molecule has 0 radical (unpaired) electrons. The van der Waals surface area contributed by atoms with Gasteiger partial charge in [0.25, 0.3) is 0 Å². The van der Waals surface area contributed by atoms with Crippen molar-refractivity contribution in [3.63, 3.8) is 0 Å². The Balaban J connectivity index is 2.20. The fourth-order valence-electron chi connectivity index (χ4n) is 2.41. The normalized spacial score (nSPS) is 16.9. The second-order valence-corrected chi connectivity index (χ2v) is 4.88. The second-order valence-electron chi connectivity index (χ2n) is 4.88. The van der Waals surface area contributed by atoms with Crippen molar-refractivity contribution in [1.82, 2.24) is 4.90 Å². The summed E-state index contributed by atoms with van der Waals surface area (Å²) in [4.78, 5) is 2.17. The molecule has 1 aliphatic carbocycles. The van der Waals surface area contributed by atoms with Crippen molar-refractivity contribution in [1.29, 1.82) is 0 Å². The maximum atomic E-state index is 13.9. The van der Waals surface area contributed by atoms with Crippen LogP contribution >= 0.6 is 0 Å². The van der Waals surface area contributed by atoms with Crippen molar-refractivity contribution in [3.05, 3.63) is 35.4 Å².